The van der Waals surface area contributed by atoms with Crippen LogP contribution in [-0.4, -0.2) is 61.2 Å². The number of carbonyl (C=O) groups excluding carboxylic acids is 2. The van der Waals surface area contributed by atoms with Crippen molar-refractivity contribution in [1.29, 1.82) is 0 Å². The second kappa shape index (κ2) is 9.97. The van der Waals surface area contributed by atoms with Crippen LogP contribution in [0.4, 0.5) is 16.2 Å². The maximum atomic E-state index is 12.4. The average Bonchev–Trinajstić information content (AvgIpc) is 2.74. The minimum absolute atomic E-state index is 0.0724. The Labute approximate surface area is 174 Å². The van der Waals surface area contributed by atoms with E-state index >= 15 is 0 Å². The Bertz CT molecular complexity index is 821. The van der Waals surface area contributed by atoms with Crippen LogP contribution in [0, 0.1) is 0 Å². The summed E-state index contributed by atoms with van der Waals surface area (Å²) in [5.74, 6) is 0.256. The molecule has 1 aliphatic heterocycles. The number of hydrogen-bond donors (Lipinski definition) is 2. The summed E-state index contributed by atoms with van der Waals surface area (Å²) in [6.07, 6.45) is 1.49. The maximum absolute atomic E-state index is 12.4. The Morgan fingerprint density at radius 1 is 1.10 bits per heavy atom. The molecule has 8 nitrogen and oxygen atoms in total. The van der Waals surface area contributed by atoms with Crippen molar-refractivity contribution >= 4 is 34.9 Å². The van der Waals surface area contributed by atoms with Gasteiger partial charge in [0.25, 0.3) is 5.91 Å². The van der Waals surface area contributed by atoms with Crippen molar-refractivity contribution in [1.82, 2.24) is 15.2 Å². The second-order valence-corrected chi connectivity index (χ2v) is 6.94. The van der Waals surface area contributed by atoms with Crippen LogP contribution in [-0.2, 0) is 4.79 Å². The van der Waals surface area contributed by atoms with E-state index in [2.05, 4.69) is 20.5 Å². The van der Waals surface area contributed by atoms with Crippen LogP contribution in [0.2, 0.25) is 5.02 Å². The molecular weight excluding hydrogens is 394 g/mol. The van der Waals surface area contributed by atoms with Gasteiger partial charge in [-0.2, -0.15) is 0 Å². The SMILES string of the molecule is CCNC(=O)Nc1ccc(OCC(=O)N2CCN(c3ccc(Cl)cc3)CC2)nc1. The first-order valence-corrected chi connectivity index (χ1v) is 9.85. The van der Waals surface area contributed by atoms with E-state index in [9.17, 15) is 9.59 Å². The molecule has 0 atom stereocenters. The first-order chi connectivity index (χ1) is 14.0. The van der Waals surface area contributed by atoms with Gasteiger partial charge in [-0.3, -0.25) is 4.79 Å². The zero-order chi connectivity index (χ0) is 20.6. The monoisotopic (exact) mass is 417 g/mol. The highest BCUT2D eigenvalue weighted by Gasteiger charge is 2.21. The molecule has 3 rings (SSSR count). The van der Waals surface area contributed by atoms with Crippen LogP contribution in [0.1, 0.15) is 6.92 Å². The third-order valence-electron chi connectivity index (χ3n) is 4.50. The number of halogens is 1. The molecule has 1 aliphatic rings. The van der Waals surface area contributed by atoms with Crippen LogP contribution in [0.25, 0.3) is 0 Å². The van der Waals surface area contributed by atoms with Crippen LogP contribution < -0.4 is 20.3 Å². The Morgan fingerprint density at radius 2 is 1.83 bits per heavy atom. The quantitative estimate of drug-likeness (QED) is 0.754. The summed E-state index contributed by atoms with van der Waals surface area (Å²) in [7, 11) is 0. The molecule has 1 saturated heterocycles. The van der Waals surface area contributed by atoms with Gasteiger partial charge in [0.2, 0.25) is 5.88 Å². The van der Waals surface area contributed by atoms with E-state index in [0.29, 0.717) is 36.2 Å². The van der Waals surface area contributed by atoms with E-state index in [1.807, 2.05) is 31.2 Å². The number of rotatable bonds is 6. The van der Waals surface area contributed by atoms with Gasteiger partial charge in [-0.15, -0.1) is 0 Å². The molecule has 154 valence electrons. The molecule has 3 amide bonds. The number of hydrogen-bond acceptors (Lipinski definition) is 5. The van der Waals surface area contributed by atoms with Crippen molar-refractivity contribution in [3.05, 3.63) is 47.6 Å². The van der Waals surface area contributed by atoms with Crippen molar-refractivity contribution in [3.63, 3.8) is 0 Å². The zero-order valence-electron chi connectivity index (χ0n) is 16.2. The summed E-state index contributed by atoms with van der Waals surface area (Å²) in [6, 6.07) is 10.7. The maximum Gasteiger partial charge on any atom is 0.319 e. The Morgan fingerprint density at radius 3 is 2.45 bits per heavy atom. The van der Waals surface area contributed by atoms with Crippen LogP contribution >= 0.6 is 11.6 Å². The zero-order valence-corrected chi connectivity index (χ0v) is 17.0. The number of nitrogens with one attached hydrogen (secondary N) is 2. The summed E-state index contributed by atoms with van der Waals surface area (Å²) in [6.45, 7) is 5.08. The normalized spacial score (nSPS) is 13.7. The summed E-state index contributed by atoms with van der Waals surface area (Å²) in [4.78, 5) is 32.0. The number of piperazine rings is 1. The van der Waals surface area contributed by atoms with Gasteiger partial charge in [0, 0.05) is 49.5 Å². The average molecular weight is 418 g/mol. The lowest BCUT2D eigenvalue weighted by Crippen LogP contribution is -2.50. The van der Waals surface area contributed by atoms with E-state index < -0.39 is 0 Å². The smallest absolute Gasteiger partial charge is 0.319 e. The predicted octanol–water partition coefficient (Wildman–Crippen LogP) is 2.60. The number of nitrogens with zero attached hydrogens (tertiary/aromatic N) is 3. The fourth-order valence-corrected chi connectivity index (χ4v) is 3.09. The van der Waals surface area contributed by atoms with Gasteiger partial charge in [-0.1, -0.05) is 11.6 Å². The first-order valence-electron chi connectivity index (χ1n) is 9.47. The minimum atomic E-state index is -0.295. The van der Waals surface area contributed by atoms with Crippen LogP contribution in [0.15, 0.2) is 42.6 Å². The van der Waals surface area contributed by atoms with Gasteiger partial charge in [-0.05, 0) is 37.3 Å². The molecule has 0 aliphatic carbocycles. The fourth-order valence-electron chi connectivity index (χ4n) is 2.97. The first kappa shape index (κ1) is 20.7. The molecule has 2 aromatic rings. The lowest BCUT2D eigenvalue weighted by atomic mass is 10.2. The number of pyridine rings is 1. The molecule has 2 N–H and O–H groups in total. The topological polar surface area (TPSA) is 86.8 Å². The van der Waals surface area contributed by atoms with Crippen LogP contribution in [0.5, 0.6) is 5.88 Å². The van der Waals surface area contributed by atoms with E-state index in [-0.39, 0.29) is 18.5 Å². The summed E-state index contributed by atoms with van der Waals surface area (Å²) in [5, 5.41) is 5.99. The predicted molar refractivity (Wildman–Crippen MR) is 113 cm³/mol. The van der Waals surface area contributed by atoms with Crippen molar-refractivity contribution in [2.75, 3.05) is 49.5 Å². The molecular formula is C20H24ClN5O3. The molecule has 0 saturated carbocycles. The molecule has 1 fully saturated rings. The highest BCUT2D eigenvalue weighted by Crippen LogP contribution is 2.19. The molecule has 1 aromatic carbocycles. The van der Waals surface area contributed by atoms with Gasteiger partial charge in [0.05, 0.1) is 11.9 Å². The summed E-state index contributed by atoms with van der Waals surface area (Å²) in [5.41, 5.74) is 1.65. The number of aromatic nitrogens is 1. The Balaban J connectivity index is 1.43. The molecule has 9 heteroatoms. The number of urea groups is 1. The van der Waals surface area contributed by atoms with Crippen molar-refractivity contribution < 1.29 is 14.3 Å². The summed E-state index contributed by atoms with van der Waals surface area (Å²) < 4.78 is 5.49. The number of benzene rings is 1. The standard InChI is InChI=1S/C20H24ClN5O3/c1-2-22-20(28)24-16-5-8-18(23-13-16)29-14-19(27)26-11-9-25(10-12-26)17-6-3-15(21)4-7-17/h3-8,13H,2,9-12,14H2,1H3,(H2,22,24,28). The van der Waals surface area contributed by atoms with Gasteiger partial charge >= 0.3 is 6.03 Å². The Hall–Kier alpha value is -3.00. The summed E-state index contributed by atoms with van der Waals surface area (Å²) >= 11 is 5.93. The van der Waals surface area contributed by atoms with Crippen molar-refractivity contribution in [2.24, 2.45) is 0 Å². The molecule has 0 bridgehead atoms. The molecule has 0 radical (unpaired) electrons. The molecule has 29 heavy (non-hydrogen) atoms. The van der Waals surface area contributed by atoms with Gasteiger partial charge in [-0.25, -0.2) is 9.78 Å². The molecule has 0 unspecified atom stereocenters. The Kier molecular flexibility index (Phi) is 7.13. The van der Waals surface area contributed by atoms with E-state index in [1.165, 1.54) is 6.20 Å². The fraction of sp³-hybridized carbons (Fsp3) is 0.350. The number of ether oxygens (including phenoxy) is 1. The highest BCUT2D eigenvalue weighted by molar-refractivity contribution is 6.30. The molecule has 0 spiro atoms. The molecule has 1 aromatic heterocycles. The lowest BCUT2D eigenvalue weighted by molar-refractivity contribution is -0.133. The van der Waals surface area contributed by atoms with Gasteiger partial charge in [0.15, 0.2) is 6.61 Å². The van der Waals surface area contributed by atoms with E-state index in [0.717, 1.165) is 18.8 Å². The van der Waals surface area contributed by atoms with Crippen molar-refractivity contribution in [2.45, 2.75) is 6.92 Å². The molecule has 2 heterocycles. The second-order valence-electron chi connectivity index (χ2n) is 6.50. The number of carbonyl (C=O) groups is 2. The third kappa shape index (κ3) is 5.99. The van der Waals surface area contributed by atoms with E-state index in [4.69, 9.17) is 16.3 Å². The third-order valence-corrected chi connectivity index (χ3v) is 4.75. The number of anilines is 2. The minimum Gasteiger partial charge on any atom is -0.468 e. The number of amides is 3. The van der Waals surface area contributed by atoms with Crippen LogP contribution in [0.3, 0.4) is 0 Å². The van der Waals surface area contributed by atoms with Gasteiger partial charge < -0.3 is 25.2 Å². The van der Waals surface area contributed by atoms with E-state index in [1.54, 1.807) is 17.0 Å². The largest absolute Gasteiger partial charge is 0.468 e. The van der Waals surface area contributed by atoms with Crippen molar-refractivity contribution in [3.8, 4) is 5.88 Å². The lowest BCUT2D eigenvalue weighted by Gasteiger charge is -2.36. The van der Waals surface area contributed by atoms with Gasteiger partial charge in [0.1, 0.15) is 0 Å². The highest BCUT2D eigenvalue weighted by atomic mass is 35.5.